The minimum Gasteiger partial charge on any atom is -0.366 e. The molecule has 32 heavy (non-hydrogen) atoms. The Balaban J connectivity index is 1.46. The summed E-state index contributed by atoms with van der Waals surface area (Å²) in [6.45, 7) is 2.02. The molecular formula is C26H26FN3O2. The van der Waals surface area contributed by atoms with Crippen molar-refractivity contribution in [2.24, 2.45) is 0 Å². The Morgan fingerprint density at radius 2 is 1.41 bits per heavy atom. The quantitative estimate of drug-likeness (QED) is 0.650. The third kappa shape index (κ3) is 5.14. The summed E-state index contributed by atoms with van der Waals surface area (Å²) in [6, 6.07) is 24.6. The summed E-state index contributed by atoms with van der Waals surface area (Å²) in [7, 11) is 0. The van der Waals surface area contributed by atoms with Gasteiger partial charge in [0.25, 0.3) is 5.91 Å². The molecular weight excluding hydrogens is 405 g/mol. The Labute approximate surface area is 187 Å². The maximum absolute atomic E-state index is 14.1. The molecule has 1 aliphatic rings. The van der Waals surface area contributed by atoms with Crippen molar-refractivity contribution in [2.45, 2.75) is 12.5 Å². The molecule has 1 atom stereocenters. The number of anilines is 1. The van der Waals surface area contributed by atoms with Crippen molar-refractivity contribution in [3.8, 4) is 0 Å². The largest absolute Gasteiger partial charge is 0.366 e. The monoisotopic (exact) mass is 431 g/mol. The van der Waals surface area contributed by atoms with Gasteiger partial charge in [-0.15, -0.1) is 0 Å². The number of rotatable bonds is 6. The molecule has 3 aromatic rings. The number of hydrogen-bond donors (Lipinski definition) is 1. The van der Waals surface area contributed by atoms with Crippen molar-refractivity contribution < 1.29 is 14.0 Å². The van der Waals surface area contributed by atoms with Gasteiger partial charge in [0.1, 0.15) is 11.9 Å². The third-order valence-electron chi connectivity index (χ3n) is 5.71. The van der Waals surface area contributed by atoms with Crippen molar-refractivity contribution in [2.75, 3.05) is 31.1 Å². The van der Waals surface area contributed by atoms with Gasteiger partial charge in [0, 0.05) is 38.2 Å². The summed E-state index contributed by atoms with van der Waals surface area (Å²) >= 11 is 0. The van der Waals surface area contributed by atoms with E-state index in [2.05, 4.69) is 5.32 Å². The molecule has 4 rings (SSSR count). The number of carbonyl (C=O) groups excluding carboxylic acids is 2. The number of carbonyl (C=O) groups is 2. The van der Waals surface area contributed by atoms with Crippen LogP contribution in [0.3, 0.4) is 0 Å². The summed E-state index contributed by atoms with van der Waals surface area (Å²) < 4.78 is 14.1. The molecule has 0 aromatic heterocycles. The van der Waals surface area contributed by atoms with Crippen LogP contribution in [-0.4, -0.2) is 48.9 Å². The summed E-state index contributed by atoms with van der Waals surface area (Å²) in [6.07, 6.45) is 0.409. The fourth-order valence-electron chi connectivity index (χ4n) is 3.98. The maximum Gasteiger partial charge on any atom is 0.251 e. The van der Waals surface area contributed by atoms with Gasteiger partial charge in [-0.2, -0.15) is 0 Å². The van der Waals surface area contributed by atoms with Crippen molar-refractivity contribution in [1.82, 2.24) is 10.2 Å². The number of hydrogen-bond acceptors (Lipinski definition) is 3. The van der Waals surface area contributed by atoms with Crippen LogP contribution in [0.2, 0.25) is 0 Å². The molecule has 6 heteroatoms. The molecule has 164 valence electrons. The van der Waals surface area contributed by atoms with Crippen LogP contribution >= 0.6 is 0 Å². The Morgan fingerprint density at radius 3 is 2.06 bits per heavy atom. The van der Waals surface area contributed by atoms with E-state index in [9.17, 15) is 14.0 Å². The van der Waals surface area contributed by atoms with Gasteiger partial charge in [0.05, 0.1) is 5.69 Å². The first-order valence-electron chi connectivity index (χ1n) is 10.8. The predicted octanol–water partition coefficient (Wildman–Crippen LogP) is 3.52. The average molecular weight is 432 g/mol. The topological polar surface area (TPSA) is 52.7 Å². The van der Waals surface area contributed by atoms with Crippen LogP contribution in [0.5, 0.6) is 0 Å². The molecule has 1 N–H and O–H groups in total. The molecule has 1 aliphatic heterocycles. The Kier molecular flexibility index (Phi) is 6.80. The van der Waals surface area contributed by atoms with Gasteiger partial charge in [-0.25, -0.2) is 4.39 Å². The fourth-order valence-corrected chi connectivity index (χ4v) is 3.98. The summed E-state index contributed by atoms with van der Waals surface area (Å²) in [5.74, 6) is -0.652. The number of nitrogens with one attached hydrogen (secondary N) is 1. The molecule has 3 aromatic carbocycles. The highest BCUT2D eigenvalue weighted by Gasteiger charge is 2.29. The van der Waals surface area contributed by atoms with E-state index in [-0.39, 0.29) is 17.6 Å². The van der Waals surface area contributed by atoms with E-state index in [1.165, 1.54) is 6.07 Å². The SMILES string of the molecule is O=C(N[C@@H](Cc1ccccc1)C(=O)N1CCN(c2ccccc2F)CC1)c1ccccc1. The van der Waals surface area contributed by atoms with Gasteiger partial charge >= 0.3 is 0 Å². The summed E-state index contributed by atoms with van der Waals surface area (Å²) in [5.41, 5.74) is 2.05. The summed E-state index contributed by atoms with van der Waals surface area (Å²) in [5, 5.41) is 2.93. The van der Waals surface area contributed by atoms with E-state index in [1.54, 1.807) is 41.3 Å². The standard InChI is InChI=1S/C26H26FN3O2/c27-22-13-7-8-14-24(22)29-15-17-30(18-16-29)26(32)23(19-20-9-3-1-4-10-20)28-25(31)21-11-5-2-6-12-21/h1-14,23H,15-19H2,(H,28,31)/t23-/m0/s1. The van der Waals surface area contributed by atoms with Gasteiger partial charge in [0.15, 0.2) is 0 Å². The van der Waals surface area contributed by atoms with Crippen LogP contribution in [0.15, 0.2) is 84.9 Å². The Bertz CT molecular complexity index is 1050. The number of nitrogens with zero attached hydrogens (tertiary/aromatic N) is 2. The molecule has 0 unspecified atom stereocenters. The second-order valence-electron chi connectivity index (χ2n) is 7.85. The van der Waals surface area contributed by atoms with Crippen LogP contribution < -0.4 is 10.2 Å². The number of para-hydroxylation sites is 1. The molecule has 0 saturated carbocycles. The highest BCUT2D eigenvalue weighted by atomic mass is 19.1. The third-order valence-corrected chi connectivity index (χ3v) is 5.71. The van der Waals surface area contributed by atoms with E-state index in [0.29, 0.717) is 43.9 Å². The van der Waals surface area contributed by atoms with Crippen molar-refractivity contribution in [3.63, 3.8) is 0 Å². The predicted molar refractivity (Wildman–Crippen MR) is 123 cm³/mol. The second kappa shape index (κ2) is 10.1. The Hall–Kier alpha value is -3.67. The maximum atomic E-state index is 14.1. The van der Waals surface area contributed by atoms with Gasteiger partial charge < -0.3 is 15.1 Å². The highest BCUT2D eigenvalue weighted by Crippen LogP contribution is 2.20. The zero-order chi connectivity index (χ0) is 22.3. The van der Waals surface area contributed by atoms with E-state index in [0.717, 1.165) is 5.56 Å². The summed E-state index contributed by atoms with van der Waals surface area (Å²) in [4.78, 5) is 29.9. The van der Waals surface area contributed by atoms with Crippen LogP contribution in [0.1, 0.15) is 15.9 Å². The van der Waals surface area contributed by atoms with E-state index >= 15 is 0 Å². The molecule has 0 radical (unpaired) electrons. The second-order valence-corrected chi connectivity index (χ2v) is 7.85. The molecule has 2 amide bonds. The normalized spacial score (nSPS) is 14.7. The van der Waals surface area contributed by atoms with Crippen LogP contribution in [-0.2, 0) is 11.2 Å². The molecule has 1 fully saturated rings. The van der Waals surface area contributed by atoms with Crippen molar-refractivity contribution in [1.29, 1.82) is 0 Å². The van der Waals surface area contributed by atoms with Gasteiger partial charge in [0.2, 0.25) is 5.91 Å². The van der Waals surface area contributed by atoms with Gasteiger partial charge in [-0.1, -0.05) is 60.7 Å². The molecule has 0 bridgehead atoms. The van der Waals surface area contributed by atoms with E-state index < -0.39 is 6.04 Å². The van der Waals surface area contributed by atoms with Crippen LogP contribution in [0.25, 0.3) is 0 Å². The number of halogens is 1. The molecule has 0 aliphatic carbocycles. The fraction of sp³-hybridized carbons (Fsp3) is 0.231. The lowest BCUT2D eigenvalue weighted by Crippen LogP contribution is -2.55. The zero-order valence-electron chi connectivity index (χ0n) is 17.8. The lowest BCUT2D eigenvalue weighted by atomic mass is 10.0. The molecule has 5 nitrogen and oxygen atoms in total. The molecule has 1 saturated heterocycles. The first kappa shape index (κ1) is 21.6. The lowest BCUT2D eigenvalue weighted by molar-refractivity contribution is -0.133. The minimum atomic E-state index is -0.676. The van der Waals surface area contributed by atoms with Gasteiger partial charge in [-0.3, -0.25) is 9.59 Å². The van der Waals surface area contributed by atoms with Crippen LogP contribution in [0.4, 0.5) is 10.1 Å². The first-order valence-corrected chi connectivity index (χ1v) is 10.8. The molecule has 1 heterocycles. The smallest absolute Gasteiger partial charge is 0.251 e. The zero-order valence-corrected chi connectivity index (χ0v) is 17.8. The number of piperazine rings is 1. The number of amides is 2. The van der Waals surface area contributed by atoms with Gasteiger partial charge in [-0.05, 0) is 29.8 Å². The Morgan fingerprint density at radius 1 is 0.812 bits per heavy atom. The lowest BCUT2D eigenvalue weighted by Gasteiger charge is -2.37. The van der Waals surface area contributed by atoms with Crippen molar-refractivity contribution >= 4 is 17.5 Å². The average Bonchev–Trinajstić information content (AvgIpc) is 2.85. The minimum absolute atomic E-state index is 0.119. The first-order chi connectivity index (χ1) is 15.6. The molecule has 0 spiro atoms. The van der Waals surface area contributed by atoms with E-state index in [4.69, 9.17) is 0 Å². The van der Waals surface area contributed by atoms with E-state index in [1.807, 2.05) is 47.4 Å². The van der Waals surface area contributed by atoms with Crippen LogP contribution in [0, 0.1) is 5.82 Å². The number of benzene rings is 3. The highest BCUT2D eigenvalue weighted by molar-refractivity contribution is 5.97. The van der Waals surface area contributed by atoms with Crippen molar-refractivity contribution in [3.05, 3.63) is 102 Å².